The summed E-state index contributed by atoms with van der Waals surface area (Å²) in [5, 5.41) is 3.45. The highest BCUT2D eigenvalue weighted by atomic mass is 35.5. The van der Waals surface area contributed by atoms with E-state index in [0.717, 1.165) is 17.4 Å². The predicted octanol–water partition coefficient (Wildman–Crippen LogP) is 5.56. The van der Waals surface area contributed by atoms with Crippen molar-refractivity contribution in [2.45, 2.75) is 11.8 Å². The summed E-state index contributed by atoms with van der Waals surface area (Å²) in [4.78, 5) is 1.24. The Morgan fingerprint density at radius 1 is 1.00 bits per heavy atom. The van der Waals surface area contributed by atoms with Crippen LogP contribution >= 0.6 is 22.9 Å². The molecule has 0 saturated heterocycles. The van der Waals surface area contributed by atoms with Gasteiger partial charge in [0, 0.05) is 16.7 Å². The SMILES string of the molecule is Fc1ccc(C(Cl)Cc2cccs2)c2ccccc12. The zero-order chi connectivity index (χ0) is 13.2. The molecule has 0 aliphatic heterocycles. The van der Waals surface area contributed by atoms with Crippen LogP contribution in [-0.4, -0.2) is 0 Å². The number of halogens is 2. The van der Waals surface area contributed by atoms with Gasteiger partial charge in [0.2, 0.25) is 0 Å². The van der Waals surface area contributed by atoms with Gasteiger partial charge in [0.25, 0.3) is 0 Å². The standard InChI is InChI=1S/C16H12ClFS/c17-15(10-11-4-3-9-19-11)13-7-8-16(18)14-6-2-1-5-12(13)14/h1-9,15H,10H2. The molecule has 0 fully saturated rings. The first-order valence-electron chi connectivity index (χ1n) is 6.09. The van der Waals surface area contributed by atoms with E-state index in [4.69, 9.17) is 11.6 Å². The fourth-order valence-electron chi connectivity index (χ4n) is 2.27. The summed E-state index contributed by atoms with van der Waals surface area (Å²) in [6.45, 7) is 0. The predicted molar refractivity (Wildman–Crippen MR) is 80.5 cm³/mol. The van der Waals surface area contributed by atoms with E-state index in [2.05, 4.69) is 6.07 Å². The molecule has 0 radical (unpaired) electrons. The van der Waals surface area contributed by atoms with Gasteiger partial charge < -0.3 is 0 Å². The van der Waals surface area contributed by atoms with Crippen molar-refractivity contribution in [3.63, 3.8) is 0 Å². The van der Waals surface area contributed by atoms with Crippen molar-refractivity contribution >= 4 is 33.7 Å². The highest BCUT2D eigenvalue weighted by molar-refractivity contribution is 7.09. The van der Waals surface area contributed by atoms with E-state index in [1.807, 2.05) is 29.6 Å². The lowest BCUT2D eigenvalue weighted by Gasteiger charge is -2.12. The van der Waals surface area contributed by atoms with Gasteiger partial charge in [-0.2, -0.15) is 0 Å². The van der Waals surface area contributed by atoms with Crippen LogP contribution < -0.4 is 0 Å². The average Bonchev–Trinajstić information content (AvgIpc) is 2.92. The highest BCUT2D eigenvalue weighted by Gasteiger charge is 2.14. The van der Waals surface area contributed by atoms with Gasteiger partial charge in [-0.3, -0.25) is 0 Å². The molecule has 1 heterocycles. The first-order chi connectivity index (χ1) is 9.25. The van der Waals surface area contributed by atoms with Gasteiger partial charge in [0.1, 0.15) is 5.82 Å². The van der Waals surface area contributed by atoms with Gasteiger partial charge in [0.15, 0.2) is 0 Å². The zero-order valence-electron chi connectivity index (χ0n) is 10.1. The van der Waals surface area contributed by atoms with Crippen LogP contribution in [0.2, 0.25) is 0 Å². The van der Waals surface area contributed by atoms with Crippen molar-refractivity contribution in [2.75, 3.05) is 0 Å². The van der Waals surface area contributed by atoms with Crippen molar-refractivity contribution in [3.05, 3.63) is 70.2 Å². The van der Waals surface area contributed by atoms with Crippen LogP contribution in [0.1, 0.15) is 15.8 Å². The minimum Gasteiger partial charge on any atom is -0.206 e. The average molecular weight is 291 g/mol. The molecule has 2 aromatic carbocycles. The number of hydrogen-bond donors (Lipinski definition) is 0. The third-order valence-electron chi connectivity index (χ3n) is 3.20. The van der Waals surface area contributed by atoms with Gasteiger partial charge in [-0.15, -0.1) is 22.9 Å². The van der Waals surface area contributed by atoms with Crippen LogP contribution in [0.3, 0.4) is 0 Å². The smallest absolute Gasteiger partial charge is 0.131 e. The monoisotopic (exact) mass is 290 g/mol. The molecule has 1 aromatic heterocycles. The molecule has 0 saturated carbocycles. The lowest BCUT2D eigenvalue weighted by molar-refractivity contribution is 0.639. The molecular weight excluding hydrogens is 279 g/mol. The fraction of sp³-hybridized carbons (Fsp3) is 0.125. The number of fused-ring (bicyclic) bond motifs is 1. The van der Waals surface area contributed by atoms with Gasteiger partial charge in [0.05, 0.1) is 5.38 Å². The molecule has 3 heteroatoms. The normalized spacial score (nSPS) is 12.7. The first kappa shape index (κ1) is 12.6. The second-order valence-corrected chi connectivity index (χ2v) is 5.99. The molecule has 0 amide bonds. The van der Waals surface area contributed by atoms with Crippen molar-refractivity contribution in [3.8, 4) is 0 Å². The van der Waals surface area contributed by atoms with E-state index in [-0.39, 0.29) is 11.2 Å². The highest BCUT2D eigenvalue weighted by Crippen LogP contribution is 2.33. The molecule has 1 unspecified atom stereocenters. The zero-order valence-corrected chi connectivity index (χ0v) is 11.7. The van der Waals surface area contributed by atoms with Crippen LogP contribution in [0.5, 0.6) is 0 Å². The molecule has 0 bridgehead atoms. The van der Waals surface area contributed by atoms with Crippen molar-refractivity contribution < 1.29 is 4.39 Å². The Hall–Kier alpha value is -1.38. The van der Waals surface area contributed by atoms with E-state index in [1.165, 1.54) is 10.9 Å². The van der Waals surface area contributed by atoms with Gasteiger partial charge in [-0.25, -0.2) is 4.39 Å². The minimum absolute atomic E-state index is 0.135. The first-order valence-corrected chi connectivity index (χ1v) is 7.41. The van der Waals surface area contributed by atoms with Crippen LogP contribution in [0, 0.1) is 5.82 Å². The summed E-state index contributed by atoms with van der Waals surface area (Å²) in [5.74, 6) is -0.195. The lowest BCUT2D eigenvalue weighted by Crippen LogP contribution is -1.96. The van der Waals surface area contributed by atoms with Crippen molar-refractivity contribution in [1.29, 1.82) is 0 Å². The molecule has 96 valence electrons. The second kappa shape index (κ2) is 5.32. The maximum absolute atomic E-state index is 13.8. The number of benzene rings is 2. The van der Waals surface area contributed by atoms with E-state index < -0.39 is 0 Å². The summed E-state index contributed by atoms with van der Waals surface area (Å²) in [5.41, 5.74) is 0.993. The number of rotatable bonds is 3. The molecule has 0 aliphatic rings. The molecule has 0 nitrogen and oxygen atoms in total. The maximum Gasteiger partial charge on any atom is 0.131 e. The topological polar surface area (TPSA) is 0 Å². The molecule has 0 spiro atoms. The number of alkyl halides is 1. The van der Waals surface area contributed by atoms with E-state index in [1.54, 1.807) is 23.5 Å². The van der Waals surface area contributed by atoms with Crippen LogP contribution in [0.25, 0.3) is 10.8 Å². The molecule has 0 aliphatic carbocycles. The molecule has 1 atom stereocenters. The quantitative estimate of drug-likeness (QED) is 0.554. The summed E-state index contributed by atoms with van der Waals surface area (Å²) in [7, 11) is 0. The Kier molecular flexibility index (Phi) is 3.54. The molecule has 19 heavy (non-hydrogen) atoms. The second-order valence-electron chi connectivity index (χ2n) is 4.43. The Bertz CT molecular complexity index is 691. The third-order valence-corrected chi connectivity index (χ3v) is 4.49. The fourth-order valence-corrected chi connectivity index (χ4v) is 3.47. The summed E-state index contributed by atoms with van der Waals surface area (Å²) in [6, 6.07) is 14.9. The third kappa shape index (κ3) is 2.51. The van der Waals surface area contributed by atoms with E-state index in [9.17, 15) is 4.39 Å². The molecule has 3 aromatic rings. The van der Waals surface area contributed by atoms with Crippen molar-refractivity contribution in [1.82, 2.24) is 0 Å². The van der Waals surface area contributed by atoms with Crippen LogP contribution in [0.4, 0.5) is 4.39 Å². The Morgan fingerprint density at radius 3 is 2.53 bits per heavy atom. The van der Waals surface area contributed by atoms with E-state index >= 15 is 0 Å². The Labute approximate surface area is 120 Å². The largest absolute Gasteiger partial charge is 0.206 e. The number of hydrogen-bond acceptors (Lipinski definition) is 1. The van der Waals surface area contributed by atoms with Crippen LogP contribution in [-0.2, 0) is 6.42 Å². The maximum atomic E-state index is 13.8. The molecule has 0 N–H and O–H groups in total. The molecule has 3 rings (SSSR count). The van der Waals surface area contributed by atoms with Crippen molar-refractivity contribution in [2.24, 2.45) is 0 Å². The van der Waals surface area contributed by atoms with Crippen LogP contribution in [0.15, 0.2) is 53.9 Å². The Morgan fingerprint density at radius 2 is 1.79 bits per heavy atom. The molecular formula is C16H12ClFS. The minimum atomic E-state index is -0.195. The Balaban J connectivity index is 2.03. The van der Waals surface area contributed by atoms with Gasteiger partial charge in [-0.05, 0) is 28.5 Å². The summed E-state index contributed by atoms with van der Waals surface area (Å²) >= 11 is 8.21. The lowest BCUT2D eigenvalue weighted by atomic mass is 10.00. The van der Waals surface area contributed by atoms with Gasteiger partial charge in [-0.1, -0.05) is 36.4 Å². The van der Waals surface area contributed by atoms with Gasteiger partial charge >= 0.3 is 0 Å². The summed E-state index contributed by atoms with van der Waals surface area (Å²) in [6.07, 6.45) is 0.773. The van der Waals surface area contributed by atoms with E-state index in [0.29, 0.717) is 5.39 Å². The summed E-state index contributed by atoms with van der Waals surface area (Å²) < 4.78 is 13.8. The number of thiophene rings is 1.